The standard InChI is InChI=1S/C22H29N3O4/c1-13(2)10-18-23-20(29-24-18)16-8-5-9-25(12-16)21(26)19-14(3)11-17(28-22(19)27)15-6-4-7-15/h11,13,15-16H,4-10,12H2,1-3H3. The molecule has 0 N–H and O–H groups in total. The molecule has 1 amide bonds. The summed E-state index contributed by atoms with van der Waals surface area (Å²) in [6, 6.07) is 1.87. The Kier molecular flexibility index (Phi) is 5.56. The average Bonchev–Trinajstić information content (AvgIpc) is 3.07. The van der Waals surface area contributed by atoms with Crippen LogP contribution >= 0.6 is 0 Å². The van der Waals surface area contributed by atoms with Crippen LogP contribution < -0.4 is 5.63 Å². The third kappa shape index (κ3) is 4.14. The van der Waals surface area contributed by atoms with E-state index in [0.717, 1.165) is 44.3 Å². The van der Waals surface area contributed by atoms with E-state index in [4.69, 9.17) is 8.94 Å². The van der Waals surface area contributed by atoms with Gasteiger partial charge in [-0.15, -0.1) is 0 Å². The van der Waals surface area contributed by atoms with E-state index in [-0.39, 0.29) is 17.4 Å². The molecule has 1 unspecified atom stereocenters. The molecule has 1 aliphatic carbocycles. The molecule has 1 aliphatic heterocycles. The Labute approximate surface area is 170 Å². The minimum absolute atomic E-state index is 0.00251. The van der Waals surface area contributed by atoms with Crippen LogP contribution in [0.4, 0.5) is 0 Å². The number of piperidine rings is 1. The van der Waals surface area contributed by atoms with Gasteiger partial charge in [0.1, 0.15) is 11.3 Å². The molecular weight excluding hydrogens is 370 g/mol. The zero-order chi connectivity index (χ0) is 20.5. The van der Waals surface area contributed by atoms with Crippen LogP contribution in [0.15, 0.2) is 19.8 Å². The lowest BCUT2D eigenvalue weighted by atomic mass is 9.83. The molecule has 1 atom stereocenters. The van der Waals surface area contributed by atoms with E-state index in [2.05, 4.69) is 24.0 Å². The Hall–Kier alpha value is -2.44. The number of aromatic nitrogens is 2. The summed E-state index contributed by atoms with van der Waals surface area (Å²) < 4.78 is 11.0. The van der Waals surface area contributed by atoms with Crippen molar-refractivity contribution >= 4 is 5.91 Å². The predicted molar refractivity (Wildman–Crippen MR) is 107 cm³/mol. The zero-order valence-electron chi connectivity index (χ0n) is 17.4. The Morgan fingerprint density at radius 3 is 2.66 bits per heavy atom. The number of carbonyl (C=O) groups is 1. The summed E-state index contributed by atoms with van der Waals surface area (Å²) in [5.74, 6) is 2.53. The van der Waals surface area contributed by atoms with Crippen LogP contribution in [0, 0.1) is 12.8 Å². The van der Waals surface area contributed by atoms with E-state index in [9.17, 15) is 9.59 Å². The second kappa shape index (κ2) is 8.13. The highest BCUT2D eigenvalue weighted by atomic mass is 16.5. The van der Waals surface area contributed by atoms with Gasteiger partial charge in [0, 0.05) is 25.4 Å². The number of hydrogen-bond donors (Lipinski definition) is 0. The van der Waals surface area contributed by atoms with Crippen molar-refractivity contribution in [1.29, 1.82) is 0 Å². The monoisotopic (exact) mass is 399 g/mol. The maximum Gasteiger partial charge on any atom is 0.349 e. The summed E-state index contributed by atoms with van der Waals surface area (Å²) in [5, 5.41) is 4.07. The molecule has 2 fully saturated rings. The van der Waals surface area contributed by atoms with Gasteiger partial charge >= 0.3 is 5.63 Å². The van der Waals surface area contributed by atoms with Crippen LogP contribution in [0.1, 0.15) is 91.2 Å². The van der Waals surface area contributed by atoms with E-state index < -0.39 is 5.63 Å². The first kappa shape index (κ1) is 19.9. The third-order valence-electron chi connectivity index (χ3n) is 6.02. The molecule has 0 spiro atoms. The number of likely N-dealkylation sites (tertiary alicyclic amines) is 1. The number of amides is 1. The Morgan fingerprint density at radius 1 is 1.24 bits per heavy atom. The van der Waals surface area contributed by atoms with Gasteiger partial charge < -0.3 is 13.8 Å². The average molecular weight is 399 g/mol. The first-order valence-electron chi connectivity index (χ1n) is 10.7. The summed E-state index contributed by atoms with van der Waals surface area (Å²) in [6.45, 7) is 7.14. The highest BCUT2D eigenvalue weighted by Crippen LogP contribution is 2.36. The molecule has 7 nitrogen and oxygen atoms in total. The van der Waals surface area contributed by atoms with Crippen LogP contribution in [0.5, 0.6) is 0 Å². The van der Waals surface area contributed by atoms with Crippen molar-refractivity contribution in [2.75, 3.05) is 13.1 Å². The fourth-order valence-electron chi connectivity index (χ4n) is 4.19. The van der Waals surface area contributed by atoms with E-state index >= 15 is 0 Å². The largest absolute Gasteiger partial charge is 0.427 e. The van der Waals surface area contributed by atoms with Crippen molar-refractivity contribution in [3.8, 4) is 0 Å². The second-order valence-electron chi connectivity index (χ2n) is 8.86. The lowest BCUT2D eigenvalue weighted by Gasteiger charge is -2.31. The number of carbonyl (C=O) groups excluding carboxylic acids is 1. The highest BCUT2D eigenvalue weighted by molar-refractivity contribution is 5.95. The Morgan fingerprint density at radius 2 is 2.00 bits per heavy atom. The van der Waals surface area contributed by atoms with E-state index in [1.54, 1.807) is 4.90 Å². The number of aryl methyl sites for hydroxylation is 1. The minimum atomic E-state index is -0.518. The van der Waals surface area contributed by atoms with E-state index in [1.165, 1.54) is 0 Å². The Bertz CT molecular complexity index is 942. The van der Waals surface area contributed by atoms with Crippen molar-refractivity contribution < 1.29 is 13.7 Å². The molecule has 0 radical (unpaired) electrons. The van der Waals surface area contributed by atoms with Gasteiger partial charge in [-0.3, -0.25) is 4.79 Å². The fourth-order valence-corrected chi connectivity index (χ4v) is 4.19. The minimum Gasteiger partial charge on any atom is -0.427 e. The van der Waals surface area contributed by atoms with Gasteiger partial charge in [0.2, 0.25) is 5.89 Å². The molecule has 2 aliphatic rings. The Balaban J connectivity index is 1.50. The second-order valence-corrected chi connectivity index (χ2v) is 8.86. The van der Waals surface area contributed by atoms with Crippen molar-refractivity contribution in [3.63, 3.8) is 0 Å². The zero-order valence-corrected chi connectivity index (χ0v) is 17.4. The van der Waals surface area contributed by atoms with Gasteiger partial charge in [0.15, 0.2) is 5.82 Å². The quantitative estimate of drug-likeness (QED) is 0.759. The lowest BCUT2D eigenvalue weighted by molar-refractivity contribution is 0.0689. The van der Waals surface area contributed by atoms with Crippen LogP contribution in [0.3, 0.4) is 0 Å². The first-order chi connectivity index (χ1) is 13.9. The highest BCUT2D eigenvalue weighted by Gasteiger charge is 2.32. The smallest absolute Gasteiger partial charge is 0.349 e. The molecule has 1 saturated carbocycles. The number of rotatable bonds is 5. The molecule has 3 heterocycles. The molecule has 7 heteroatoms. The van der Waals surface area contributed by atoms with Gasteiger partial charge in [-0.25, -0.2) is 4.79 Å². The molecule has 0 aromatic carbocycles. The van der Waals surface area contributed by atoms with Gasteiger partial charge in [0.05, 0.1) is 5.92 Å². The van der Waals surface area contributed by atoms with Crippen LogP contribution in [-0.2, 0) is 6.42 Å². The molecule has 29 heavy (non-hydrogen) atoms. The molecular formula is C22H29N3O4. The summed E-state index contributed by atoms with van der Waals surface area (Å²) in [6.07, 6.45) is 5.76. The van der Waals surface area contributed by atoms with Crippen LogP contribution in [0.2, 0.25) is 0 Å². The molecule has 0 bridgehead atoms. The lowest BCUT2D eigenvalue weighted by Crippen LogP contribution is -2.41. The van der Waals surface area contributed by atoms with E-state index in [1.807, 2.05) is 13.0 Å². The maximum absolute atomic E-state index is 13.1. The fraction of sp³-hybridized carbons (Fsp3) is 0.636. The molecule has 156 valence electrons. The molecule has 2 aromatic rings. The SMILES string of the molecule is Cc1cc(C2CCC2)oc(=O)c1C(=O)N1CCCC(c2nc(CC(C)C)no2)C1. The topological polar surface area (TPSA) is 89.4 Å². The summed E-state index contributed by atoms with van der Waals surface area (Å²) >= 11 is 0. The van der Waals surface area contributed by atoms with Gasteiger partial charge in [-0.1, -0.05) is 25.4 Å². The number of hydrogen-bond acceptors (Lipinski definition) is 6. The third-order valence-corrected chi connectivity index (χ3v) is 6.02. The summed E-state index contributed by atoms with van der Waals surface area (Å²) in [4.78, 5) is 32.0. The van der Waals surface area contributed by atoms with Crippen molar-refractivity contribution in [2.45, 2.75) is 71.1 Å². The summed E-state index contributed by atoms with van der Waals surface area (Å²) in [7, 11) is 0. The maximum atomic E-state index is 13.1. The van der Waals surface area contributed by atoms with Crippen molar-refractivity contribution in [1.82, 2.24) is 15.0 Å². The first-order valence-corrected chi connectivity index (χ1v) is 10.7. The van der Waals surface area contributed by atoms with Crippen LogP contribution in [-0.4, -0.2) is 34.0 Å². The van der Waals surface area contributed by atoms with Gasteiger partial charge in [-0.05, 0) is 50.2 Å². The van der Waals surface area contributed by atoms with Gasteiger partial charge in [-0.2, -0.15) is 4.98 Å². The van der Waals surface area contributed by atoms with E-state index in [0.29, 0.717) is 42.2 Å². The van der Waals surface area contributed by atoms with Crippen LogP contribution in [0.25, 0.3) is 0 Å². The number of nitrogens with zero attached hydrogens (tertiary/aromatic N) is 3. The van der Waals surface area contributed by atoms with Gasteiger partial charge in [0.25, 0.3) is 5.91 Å². The van der Waals surface area contributed by atoms with Crippen molar-refractivity contribution in [3.05, 3.63) is 45.1 Å². The molecule has 2 aromatic heterocycles. The predicted octanol–water partition coefficient (Wildman–Crippen LogP) is 3.82. The summed E-state index contributed by atoms with van der Waals surface area (Å²) in [5.41, 5.74) is 0.336. The van der Waals surface area contributed by atoms with Crippen molar-refractivity contribution in [2.24, 2.45) is 5.92 Å². The normalized spacial score (nSPS) is 20.1. The molecule has 1 saturated heterocycles. The molecule has 4 rings (SSSR count).